The summed E-state index contributed by atoms with van der Waals surface area (Å²) in [5.74, 6) is 0. The summed E-state index contributed by atoms with van der Waals surface area (Å²) in [6.07, 6.45) is 15.5. The number of aryl methyl sites for hydroxylation is 2. The molecule has 178 valence electrons. The number of hydrogen-bond donors (Lipinski definition) is 2. The Morgan fingerprint density at radius 3 is 2.03 bits per heavy atom. The molecule has 2 unspecified atom stereocenters. The zero-order chi connectivity index (χ0) is 22.4. The van der Waals surface area contributed by atoms with Gasteiger partial charge in [0, 0.05) is 0 Å². The molecule has 1 aliphatic heterocycles. The van der Waals surface area contributed by atoms with Crippen molar-refractivity contribution in [1.29, 1.82) is 0 Å². The monoisotopic (exact) mass is 472 g/mol. The van der Waals surface area contributed by atoms with E-state index in [9.17, 15) is 0 Å². The molecule has 31 heavy (non-hydrogen) atoms. The Morgan fingerprint density at radius 2 is 1.45 bits per heavy atom. The van der Waals surface area contributed by atoms with E-state index in [4.69, 9.17) is 23.8 Å². The van der Waals surface area contributed by atoms with Crippen molar-refractivity contribution in [3.63, 3.8) is 0 Å². The Kier molecular flexibility index (Phi) is 13.5. The molecule has 0 aliphatic carbocycles. The van der Waals surface area contributed by atoms with Gasteiger partial charge in [0.15, 0.2) is 6.29 Å². The standard InChI is InChI=1S/C24H41O5PS/c1-2-3-4-5-6-9-12-21-15-17-22(18-16-21)13-10-7-8-11-14-24-27-19-23(29-24)20-28-30(25,26)31/h15-18,23-24H,2-14,19-20H2,1H3,(H2,25,26,31). The van der Waals surface area contributed by atoms with Crippen LogP contribution < -0.4 is 0 Å². The summed E-state index contributed by atoms with van der Waals surface area (Å²) in [4.78, 5) is 18.2. The molecule has 0 radical (unpaired) electrons. The van der Waals surface area contributed by atoms with Crippen LogP contribution in [0.4, 0.5) is 0 Å². The second kappa shape index (κ2) is 15.5. The highest BCUT2D eigenvalue weighted by Crippen LogP contribution is 2.37. The van der Waals surface area contributed by atoms with Gasteiger partial charge in [-0.15, -0.1) is 0 Å². The zero-order valence-corrected chi connectivity index (χ0v) is 20.8. The fourth-order valence-corrected chi connectivity index (χ4v) is 4.45. The van der Waals surface area contributed by atoms with Crippen LogP contribution in [0.1, 0.15) is 88.7 Å². The summed E-state index contributed by atoms with van der Waals surface area (Å²) in [7, 11) is 0. The van der Waals surface area contributed by atoms with Gasteiger partial charge in [0.1, 0.15) is 6.10 Å². The molecule has 2 N–H and O–H groups in total. The predicted octanol–water partition coefficient (Wildman–Crippen LogP) is 6.05. The average Bonchev–Trinajstić information content (AvgIpc) is 3.20. The van der Waals surface area contributed by atoms with E-state index in [0.717, 1.165) is 25.7 Å². The van der Waals surface area contributed by atoms with Crippen LogP contribution in [0.5, 0.6) is 0 Å². The minimum Gasteiger partial charge on any atom is -0.350 e. The Hall–Kier alpha value is -0.330. The number of unbranched alkanes of at least 4 members (excludes halogenated alkanes) is 8. The molecule has 2 rings (SSSR count). The summed E-state index contributed by atoms with van der Waals surface area (Å²) in [5, 5.41) is 0. The molecule has 1 saturated heterocycles. The first-order valence-electron chi connectivity index (χ1n) is 12.0. The van der Waals surface area contributed by atoms with E-state index in [2.05, 4.69) is 43.0 Å². The molecule has 5 nitrogen and oxygen atoms in total. The molecule has 1 aromatic carbocycles. The first kappa shape index (κ1) is 26.9. The number of benzene rings is 1. The second-order valence-electron chi connectivity index (χ2n) is 8.59. The van der Waals surface area contributed by atoms with Crippen LogP contribution in [0.3, 0.4) is 0 Å². The molecule has 1 heterocycles. The first-order valence-corrected chi connectivity index (χ1v) is 14.6. The fraction of sp³-hybridized carbons (Fsp3) is 0.750. The van der Waals surface area contributed by atoms with Crippen molar-refractivity contribution < 1.29 is 23.8 Å². The normalized spacial score (nSPS) is 19.2. The fourth-order valence-electron chi connectivity index (χ4n) is 3.90. The van der Waals surface area contributed by atoms with E-state index >= 15 is 0 Å². The van der Waals surface area contributed by atoms with Crippen LogP contribution in [0.25, 0.3) is 0 Å². The van der Waals surface area contributed by atoms with Gasteiger partial charge in [0.25, 0.3) is 0 Å². The summed E-state index contributed by atoms with van der Waals surface area (Å²) in [6, 6.07) is 9.21. The lowest BCUT2D eigenvalue weighted by atomic mass is 10.0. The third-order valence-corrected chi connectivity index (χ3v) is 6.54. The zero-order valence-electron chi connectivity index (χ0n) is 19.0. The van der Waals surface area contributed by atoms with Crippen molar-refractivity contribution in [2.45, 2.75) is 103 Å². The minimum atomic E-state index is -3.61. The summed E-state index contributed by atoms with van der Waals surface area (Å²) in [6.45, 7) is -0.868. The Bertz CT molecular complexity index is 633. The molecule has 0 amide bonds. The van der Waals surface area contributed by atoms with Gasteiger partial charge in [-0.25, -0.2) is 0 Å². The van der Waals surface area contributed by atoms with Gasteiger partial charge in [0.2, 0.25) is 0 Å². The van der Waals surface area contributed by atoms with E-state index < -0.39 is 6.72 Å². The van der Waals surface area contributed by atoms with Crippen LogP contribution in [0.2, 0.25) is 0 Å². The first-order chi connectivity index (χ1) is 15.0. The second-order valence-corrected chi connectivity index (χ2v) is 11.3. The van der Waals surface area contributed by atoms with Gasteiger partial charge < -0.3 is 23.8 Å². The van der Waals surface area contributed by atoms with Crippen LogP contribution >= 0.6 is 6.72 Å². The maximum atomic E-state index is 9.09. The highest BCUT2D eigenvalue weighted by Gasteiger charge is 2.27. The lowest BCUT2D eigenvalue weighted by Gasteiger charge is -2.13. The Balaban J connectivity index is 1.46. The lowest BCUT2D eigenvalue weighted by Crippen LogP contribution is -2.18. The van der Waals surface area contributed by atoms with Gasteiger partial charge in [0.05, 0.1) is 13.2 Å². The molecule has 1 aromatic rings. The van der Waals surface area contributed by atoms with E-state index in [1.807, 2.05) is 0 Å². The molecular formula is C24H41O5PS. The molecule has 0 aromatic heterocycles. The highest BCUT2D eigenvalue weighted by molar-refractivity contribution is 8.06. The third-order valence-electron chi connectivity index (χ3n) is 5.74. The molecule has 1 fully saturated rings. The summed E-state index contributed by atoms with van der Waals surface area (Å²) < 4.78 is 16.1. The summed E-state index contributed by atoms with van der Waals surface area (Å²) >= 11 is 4.44. The molecule has 0 saturated carbocycles. The van der Waals surface area contributed by atoms with Gasteiger partial charge in [-0.2, -0.15) is 0 Å². The van der Waals surface area contributed by atoms with Crippen LogP contribution in [-0.4, -0.2) is 35.4 Å². The number of rotatable bonds is 17. The highest BCUT2D eigenvalue weighted by atomic mass is 32.5. The molecule has 0 bridgehead atoms. The number of hydrogen-bond acceptors (Lipinski definition) is 4. The van der Waals surface area contributed by atoms with E-state index in [-0.39, 0.29) is 19.0 Å². The quantitative estimate of drug-likeness (QED) is 0.212. The van der Waals surface area contributed by atoms with E-state index in [0.29, 0.717) is 6.61 Å². The lowest BCUT2D eigenvalue weighted by molar-refractivity contribution is -0.0691. The Labute approximate surface area is 193 Å². The van der Waals surface area contributed by atoms with E-state index in [1.165, 1.54) is 68.9 Å². The van der Waals surface area contributed by atoms with Gasteiger partial charge in [-0.1, -0.05) is 76.1 Å². The predicted molar refractivity (Wildman–Crippen MR) is 130 cm³/mol. The van der Waals surface area contributed by atoms with Gasteiger partial charge in [-0.05, 0) is 61.5 Å². The maximum absolute atomic E-state index is 9.09. The molecule has 7 heteroatoms. The summed E-state index contributed by atoms with van der Waals surface area (Å²) in [5.41, 5.74) is 2.91. The van der Waals surface area contributed by atoms with Crippen molar-refractivity contribution in [3.8, 4) is 0 Å². The Morgan fingerprint density at radius 1 is 0.903 bits per heavy atom. The topological polar surface area (TPSA) is 68.2 Å². The average molecular weight is 473 g/mol. The van der Waals surface area contributed by atoms with Crippen molar-refractivity contribution in [2.75, 3.05) is 13.2 Å². The van der Waals surface area contributed by atoms with Crippen molar-refractivity contribution in [3.05, 3.63) is 35.4 Å². The molecule has 1 aliphatic rings. The van der Waals surface area contributed by atoms with Gasteiger partial charge in [-0.3, -0.25) is 0 Å². The largest absolute Gasteiger partial charge is 0.350 e. The minimum absolute atomic E-state index is 0.0680. The molecule has 0 spiro atoms. The molecule has 2 atom stereocenters. The number of ether oxygens (including phenoxy) is 2. The third kappa shape index (κ3) is 13.1. The van der Waals surface area contributed by atoms with Gasteiger partial charge >= 0.3 is 6.72 Å². The van der Waals surface area contributed by atoms with E-state index in [1.54, 1.807) is 0 Å². The van der Waals surface area contributed by atoms with Crippen LogP contribution in [0.15, 0.2) is 24.3 Å². The maximum Gasteiger partial charge on any atom is 0.321 e. The smallest absolute Gasteiger partial charge is 0.321 e. The van der Waals surface area contributed by atoms with Crippen molar-refractivity contribution in [2.24, 2.45) is 0 Å². The molecular weight excluding hydrogens is 431 g/mol. The van der Waals surface area contributed by atoms with Crippen molar-refractivity contribution >= 4 is 18.5 Å². The van der Waals surface area contributed by atoms with Crippen LogP contribution in [0, 0.1) is 0 Å². The van der Waals surface area contributed by atoms with Crippen LogP contribution in [-0.2, 0) is 38.6 Å². The SMILES string of the molecule is CCCCCCCCc1ccc(CCCCCCC2OCC(COP(O)(O)=S)O2)cc1. The van der Waals surface area contributed by atoms with Crippen molar-refractivity contribution in [1.82, 2.24) is 0 Å².